The molecule has 1 amide bonds. The van der Waals surface area contributed by atoms with Gasteiger partial charge in [0.2, 0.25) is 0 Å². The Morgan fingerprint density at radius 1 is 1.32 bits per heavy atom. The summed E-state index contributed by atoms with van der Waals surface area (Å²) in [5.74, 6) is 0.691. The highest BCUT2D eigenvalue weighted by Gasteiger charge is 2.26. The van der Waals surface area contributed by atoms with Crippen LogP contribution in [0.2, 0.25) is 0 Å². The van der Waals surface area contributed by atoms with E-state index in [9.17, 15) is 4.79 Å². The fourth-order valence-corrected chi connectivity index (χ4v) is 3.45. The number of hydrogen-bond acceptors (Lipinski definition) is 5. The minimum atomic E-state index is -0.234. The third-order valence-electron chi connectivity index (χ3n) is 4.84. The van der Waals surface area contributed by atoms with Crippen molar-refractivity contribution in [2.45, 2.75) is 31.9 Å². The van der Waals surface area contributed by atoms with Crippen molar-refractivity contribution < 1.29 is 18.7 Å². The molecule has 2 aromatic heterocycles. The minimum Gasteiger partial charge on any atom is -0.459 e. The molecule has 7 heteroatoms. The molecule has 1 saturated heterocycles. The molecule has 0 aromatic carbocycles. The largest absolute Gasteiger partial charge is 0.459 e. The number of furan rings is 1. The molecule has 0 spiro atoms. The van der Waals surface area contributed by atoms with Gasteiger partial charge in [0.15, 0.2) is 5.76 Å². The summed E-state index contributed by atoms with van der Waals surface area (Å²) >= 11 is 0. The van der Waals surface area contributed by atoms with Crippen LogP contribution in [0.5, 0.6) is 0 Å². The first-order chi connectivity index (χ1) is 12.3. The molecule has 0 bridgehead atoms. The number of nitrogens with one attached hydrogen (secondary N) is 1. The average molecular weight is 345 g/mol. The smallest absolute Gasteiger partial charge is 0.287 e. The quantitative estimate of drug-likeness (QED) is 0.896. The van der Waals surface area contributed by atoms with Crippen molar-refractivity contribution in [3.8, 4) is 0 Å². The van der Waals surface area contributed by atoms with E-state index in [1.807, 2.05) is 4.68 Å². The van der Waals surface area contributed by atoms with Crippen molar-refractivity contribution >= 4 is 5.91 Å². The van der Waals surface area contributed by atoms with Crippen molar-refractivity contribution in [1.82, 2.24) is 15.1 Å². The summed E-state index contributed by atoms with van der Waals surface area (Å²) in [5.41, 5.74) is 2.16. The molecule has 1 atom stereocenters. The van der Waals surface area contributed by atoms with Crippen LogP contribution in [0.15, 0.2) is 29.0 Å². The summed E-state index contributed by atoms with van der Waals surface area (Å²) in [6.07, 6.45) is 6.45. The Balaban J connectivity index is 1.39. The molecule has 0 radical (unpaired) electrons. The van der Waals surface area contributed by atoms with E-state index in [1.165, 1.54) is 11.8 Å². The number of rotatable bonds is 5. The molecule has 2 aliphatic heterocycles. The maximum atomic E-state index is 12.0. The van der Waals surface area contributed by atoms with Crippen LogP contribution in [0.25, 0.3) is 0 Å². The summed E-state index contributed by atoms with van der Waals surface area (Å²) in [6, 6.07) is 3.34. The lowest BCUT2D eigenvalue weighted by atomic mass is 10.0. The third-order valence-corrected chi connectivity index (χ3v) is 4.84. The average Bonchev–Trinajstić information content (AvgIpc) is 3.30. The van der Waals surface area contributed by atoms with E-state index in [4.69, 9.17) is 19.0 Å². The zero-order chi connectivity index (χ0) is 17.1. The van der Waals surface area contributed by atoms with Gasteiger partial charge >= 0.3 is 0 Å². The van der Waals surface area contributed by atoms with E-state index >= 15 is 0 Å². The number of nitrogens with zero attached hydrogens (tertiary/aromatic N) is 2. The Morgan fingerprint density at radius 3 is 3.00 bits per heavy atom. The lowest BCUT2D eigenvalue weighted by Gasteiger charge is -2.22. The first-order valence-electron chi connectivity index (χ1n) is 8.87. The second kappa shape index (κ2) is 7.41. The van der Waals surface area contributed by atoms with Crippen molar-refractivity contribution in [1.29, 1.82) is 0 Å². The molecule has 2 aliphatic rings. The van der Waals surface area contributed by atoms with Crippen LogP contribution < -0.4 is 5.32 Å². The Labute approximate surface area is 146 Å². The fourth-order valence-electron chi connectivity index (χ4n) is 3.45. The van der Waals surface area contributed by atoms with E-state index in [2.05, 4.69) is 11.5 Å². The second-order valence-electron chi connectivity index (χ2n) is 6.61. The number of fused-ring (bicyclic) bond motifs is 1. The van der Waals surface area contributed by atoms with Crippen molar-refractivity contribution in [2.75, 3.05) is 26.4 Å². The summed E-state index contributed by atoms with van der Waals surface area (Å²) in [5, 5.41) is 7.61. The summed E-state index contributed by atoms with van der Waals surface area (Å²) < 4.78 is 18.4. The molecule has 134 valence electrons. The highest BCUT2D eigenvalue weighted by molar-refractivity contribution is 5.91. The molecule has 4 heterocycles. The summed E-state index contributed by atoms with van der Waals surface area (Å²) in [4.78, 5) is 12.0. The van der Waals surface area contributed by atoms with E-state index in [1.54, 1.807) is 12.1 Å². The SMILES string of the molecule is O=C(NCC1OCCc2cn(CC3CCOCC3)nc21)c1ccco1. The Hall–Kier alpha value is -2.12. The van der Waals surface area contributed by atoms with Crippen molar-refractivity contribution in [2.24, 2.45) is 5.92 Å². The number of amides is 1. The van der Waals surface area contributed by atoms with Crippen molar-refractivity contribution in [3.63, 3.8) is 0 Å². The van der Waals surface area contributed by atoms with Crippen LogP contribution in [-0.4, -0.2) is 42.1 Å². The van der Waals surface area contributed by atoms with E-state index in [-0.39, 0.29) is 12.0 Å². The molecule has 4 rings (SSSR count). The van der Waals surface area contributed by atoms with Crippen LogP contribution in [0.4, 0.5) is 0 Å². The predicted molar refractivity (Wildman–Crippen MR) is 89.2 cm³/mol. The van der Waals surface area contributed by atoms with Crippen molar-refractivity contribution in [3.05, 3.63) is 41.6 Å². The standard InChI is InChI=1S/C18H23N3O4/c22-18(15-2-1-6-24-15)19-10-16-17-14(5-9-25-16)12-21(20-17)11-13-3-7-23-8-4-13/h1-2,6,12-13,16H,3-5,7-11H2,(H,19,22). The van der Waals surface area contributed by atoms with Crippen LogP contribution in [0, 0.1) is 5.92 Å². The molecule has 1 N–H and O–H groups in total. The van der Waals surface area contributed by atoms with E-state index < -0.39 is 0 Å². The lowest BCUT2D eigenvalue weighted by molar-refractivity contribution is 0.0376. The zero-order valence-electron chi connectivity index (χ0n) is 14.1. The van der Waals surface area contributed by atoms with E-state index in [0.717, 1.165) is 44.7 Å². The lowest BCUT2D eigenvalue weighted by Crippen LogP contribution is -2.31. The van der Waals surface area contributed by atoms with Gasteiger partial charge in [0.1, 0.15) is 6.10 Å². The minimum absolute atomic E-state index is 0.210. The number of ether oxygens (including phenoxy) is 2. The molecule has 7 nitrogen and oxygen atoms in total. The molecule has 1 unspecified atom stereocenters. The van der Waals surface area contributed by atoms with Gasteiger partial charge in [0.05, 0.1) is 18.6 Å². The molecule has 0 saturated carbocycles. The molecular weight excluding hydrogens is 322 g/mol. The van der Waals surface area contributed by atoms with Gasteiger partial charge in [-0.05, 0) is 42.9 Å². The van der Waals surface area contributed by atoms with Crippen LogP contribution in [0.1, 0.15) is 40.8 Å². The number of hydrogen-bond donors (Lipinski definition) is 1. The maximum absolute atomic E-state index is 12.0. The van der Waals surface area contributed by atoms with Gasteiger partial charge in [0.25, 0.3) is 5.91 Å². The number of carbonyl (C=O) groups excluding carboxylic acids is 1. The second-order valence-corrected chi connectivity index (χ2v) is 6.61. The molecular formula is C18H23N3O4. The fraction of sp³-hybridized carbons (Fsp3) is 0.556. The van der Waals surface area contributed by atoms with Gasteiger partial charge in [-0.2, -0.15) is 5.10 Å². The summed E-state index contributed by atoms with van der Waals surface area (Å²) in [7, 11) is 0. The monoisotopic (exact) mass is 345 g/mol. The molecule has 1 fully saturated rings. The summed E-state index contributed by atoms with van der Waals surface area (Å²) in [6.45, 7) is 3.65. The van der Waals surface area contributed by atoms with E-state index in [0.29, 0.717) is 24.8 Å². The number of carbonyl (C=O) groups is 1. The Kier molecular flexibility index (Phi) is 4.85. The Morgan fingerprint density at radius 2 is 2.20 bits per heavy atom. The molecule has 0 aliphatic carbocycles. The molecule has 25 heavy (non-hydrogen) atoms. The van der Waals surface area contributed by atoms with Crippen LogP contribution in [0.3, 0.4) is 0 Å². The van der Waals surface area contributed by atoms with Gasteiger partial charge in [-0.15, -0.1) is 0 Å². The topological polar surface area (TPSA) is 78.5 Å². The van der Waals surface area contributed by atoms with Gasteiger partial charge in [-0.25, -0.2) is 0 Å². The maximum Gasteiger partial charge on any atom is 0.287 e. The zero-order valence-corrected chi connectivity index (χ0v) is 14.1. The number of aromatic nitrogens is 2. The molecule has 2 aromatic rings. The van der Waals surface area contributed by atoms with Gasteiger partial charge in [-0.3, -0.25) is 9.48 Å². The third kappa shape index (κ3) is 3.77. The van der Waals surface area contributed by atoms with Crippen LogP contribution >= 0.6 is 0 Å². The first kappa shape index (κ1) is 16.4. The first-order valence-corrected chi connectivity index (χ1v) is 8.87. The van der Waals surface area contributed by atoms with Gasteiger partial charge in [-0.1, -0.05) is 0 Å². The highest BCUT2D eigenvalue weighted by Crippen LogP contribution is 2.26. The predicted octanol–water partition coefficient (Wildman–Crippen LogP) is 1.95. The van der Waals surface area contributed by atoms with Crippen LogP contribution in [-0.2, 0) is 22.4 Å². The van der Waals surface area contributed by atoms with Gasteiger partial charge < -0.3 is 19.2 Å². The van der Waals surface area contributed by atoms with Gasteiger partial charge in [0, 0.05) is 32.5 Å². The normalized spacial score (nSPS) is 21.0. The Bertz CT molecular complexity index is 704. The highest BCUT2D eigenvalue weighted by atomic mass is 16.5.